The van der Waals surface area contributed by atoms with E-state index in [1.807, 2.05) is 24.3 Å². The number of nitrogens with zero attached hydrogens (tertiary/aromatic N) is 1. The zero-order chi connectivity index (χ0) is 18.8. The number of amides is 3. The summed E-state index contributed by atoms with van der Waals surface area (Å²) in [5.74, 6) is -0.455. The summed E-state index contributed by atoms with van der Waals surface area (Å²) in [5.41, 5.74) is 1.46. The number of rotatable bonds is 4. The van der Waals surface area contributed by atoms with Gasteiger partial charge in [0.05, 0.1) is 18.7 Å². The molecule has 1 aliphatic rings. The SMILES string of the molecule is COc1cc(C=C2NC(=O)N(Cc3ccc(Br)cc3)C2=O)cc(Cl)c1O. The molecule has 0 unspecified atom stereocenters. The van der Waals surface area contributed by atoms with E-state index in [0.717, 1.165) is 14.9 Å². The van der Waals surface area contributed by atoms with E-state index in [1.54, 1.807) is 0 Å². The van der Waals surface area contributed by atoms with Crippen LogP contribution in [-0.2, 0) is 11.3 Å². The number of hydrogen-bond donors (Lipinski definition) is 2. The Hall–Kier alpha value is -2.51. The fraction of sp³-hybridized carbons (Fsp3) is 0.111. The Morgan fingerprint density at radius 1 is 1.27 bits per heavy atom. The predicted molar refractivity (Wildman–Crippen MR) is 101 cm³/mol. The van der Waals surface area contributed by atoms with E-state index in [9.17, 15) is 14.7 Å². The number of ether oxygens (including phenoxy) is 1. The molecule has 3 amide bonds. The molecule has 0 bridgehead atoms. The zero-order valence-corrected chi connectivity index (χ0v) is 16.0. The van der Waals surface area contributed by atoms with Gasteiger partial charge in [-0.3, -0.25) is 9.69 Å². The third kappa shape index (κ3) is 3.68. The first-order valence-corrected chi connectivity index (χ1v) is 8.71. The largest absolute Gasteiger partial charge is 0.503 e. The molecule has 3 rings (SSSR count). The molecular formula is C18H14BrClN2O4. The van der Waals surface area contributed by atoms with Crippen LogP contribution in [0.5, 0.6) is 11.5 Å². The van der Waals surface area contributed by atoms with Crippen LogP contribution in [0.25, 0.3) is 6.08 Å². The fourth-order valence-electron chi connectivity index (χ4n) is 2.49. The highest BCUT2D eigenvalue weighted by Crippen LogP contribution is 2.35. The second kappa shape index (κ2) is 7.39. The average Bonchev–Trinajstić information content (AvgIpc) is 2.87. The summed E-state index contributed by atoms with van der Waals surface area (Å²) in [6.45, 7) is 0.162. The van der Waals surface area contributed by atoms with Crippen molar-refractivity contribution in [2.45, 2.75) is 6.54 Å². The van der Waals surface area contributed by atoms with Gasteiger partial charge in [-0.15, -0.1) is 0 Å². The number of methoxy groups -OCH3 is 1. The molecule has 6 nitrogen and oxygen atoms in total. The average molecular weight is 438 g/mol. The maximum absolute atomic E-state index is 12.5. The third-order valence-corrected chi connectivity index (χ3v) is 4.61. The topological polar surface area (TPSA) is 78.9 Å². The van der Waals surface area contributed by atoms with Crippen LogP contribution >= 0.6 is 27.5 Å². The highest BCUT2D eigenvalue weighted by atomic mass is 79.9. The normalized spacial score (nSPS) is 15.5. The van der Waals surface area contributed by atoms with Gasteiger partial charge in [-0.2, -0.15) is 0 Å². The lowest BCUT2D eigenvalue weighted by molar-refractivity contribution is -0.123. The van der Waals surface area contributed by atoms with Crippen molar-refractivity contribution in [3.8, 4) is 11.5 Å². The molecule has 1 saturated heterocycles. The van der Waals surface area contributed by atoms with Gasteiger partial charge in [0.2, 0.25) is 0 Å². The number of carbonyl (C=O) groups excluding carboxylic acids is 2. The first-order valence-electron chi connectivity index (χ1n) is 7.54. The van der Waals surface area contributed by atoms with E-state index in [2.05, 4.69) is 21.2 Å². The molecule has 2 aromatic rings. The Kier molecular flexibility index (Phi) is 5.20. The molecule has 0 atom stereocenters. The number of carbonyl (C=O) groups is 2. The van der Waals surface area contributed by atoms with Crippen molar-refractivity contribution in [3.63, 3.8) is 0 Å². The van der Waals surface area contributed by atoms with Gasteiger partial charge in [0.25, 0.3) is 5.91 Å². The monoisotopic (exact) mass is 436 g/mol. The number of imide groups is 1. The lowest BCUT2D eigenvalue weighted by Gasteiger charge is -2.11. The van der Waals surface area contributed by atoms with Crippen LogP contribution in [0.2, 0.25) is 5.02 Å². The molecule has 0 saturated carbocycles. The molecule has 0 radical (unpaired) electrons. The van der Waals surface area contributed by atoms with Crippen molar-refractivity contribution in [2.24, 2.45) is 0 Å². The van der Waals surface area contributed by atoms with Crippen molar-refractivity contribution < 1.29 is 19.4 Å². The molecule has 1 aliphatic heterocycles. The van der Waals surface area contributed by atoms with Crippen LogP contribution in [-0.4, -0.2) is 29.1 Å². The van der Waals surface area contributed by atoms with Crippen LogP contribution in [0.4, 0.5) is 4.79 Å². The van der Waals surface area contributed by atoms with Crippen LogP contribution < -0.4 is 10.1 Å². The first-order chi connectivity index (χ1) is 12.4. The Morgan fingerprint density at radius 3 is 2.62 bits per heavy atom. The maximum atomic E-state index is 12.5. The van der Waals surface area contributed by atoms with Gasteiger partial charge in [0, 0.05) is 4.47 Å². The smallest absolute Gasteiger partial charge is 0.329 e. The minimum atomic E-state index is -0.499. The lowest BCUT2D eigenvalue weighted by Crippen LogP contribution is -2.30. The second-order valence-corrected chi connectivity index (χ2v) is 6.88. The molecule has 0 aromatic heterocycles. The molecule has 1 fully saturated rings. The number of phenols is 1. The molecular weight excluding hydrogens is 424 g/mol. The number of halogens is 2. The van der Waals surface area contributed by atoms with Gasteiger partial charge in [-0.1, -0.05) is 39.7 Å². The van der Waals surface area contributed by atoms with Crippen LogP contribution in [0.15, 0.2) is 46.6 Å². The van der Waals surface area contributed by atoms with E-state index in [4.69, 9.17) is 16.3 Å². The molecule has 1 heterocycles. The van der Waals surface area contributed by atoms with Gasteiger partial charge in [0.1, 0.15) is 5.70 Å². The van der Waals surface area contributed by atoms with Crippen molar-refractivity contribution >= 4 is 45.5 Å². The van der Waals surface area contributed by atoms with Crippen LogP contribution in [0, 0.1) is 0 Å². The van der Waals surface area contributed by atoms with Crippen LogP contribution in [0.1, 0.15) is 11.1 Å². The minimum Gasteiger partial charge on any atom is -0.503 e. The van der Waals surface area contributed by atoms with E-state index >= 15 is 0 Å². The summed E-state index contributed by atoms with van der Waals surface area (Å²) >= 11 is 9.29. The number of urea groups is 1. The summed E-state index contributed by atoms with van der Waals surface area (Å²) in [6, 6.07) is 9.84. The summed E-state index contributed by atoms with van der Waals surface area (Å²) in [4.78, 5) is 25.8. The zero-order valence-electron chi connectivity index (χ0n) is 13.6. The van der Waals surface area contributed by atoms with Crippen molar-refractivity contribution in [1.29, 1.82) is 0 Å². The molecule has 0 spiro atoms. The van der Waals surface area contributed by atoms with Crippen LogP contribution in [0.3, 0.4) is 0 Å². The summed E-state index contributed by atoms with van der Waals surface area (Å²) in [5, 5.41) is 12.4. The number of nitrogens with one attached hydrogen (secondary N) is 1. The van der Waals surface area contributed by atoms with Crippen molar-refractivity contribution in [1.82, 2.24) is 10.2 Å². The van der Waals surface area contributed by atoms with Gasteiger partial charge in [0.15, 0.2) is 11.5 Å². The first kappa shape index (κ1) is 18.3. The van der Waals surface area contributed by atoms with Gasteiger partial charge in [-0.05, 0) is 41.5 Å². The van der Waals surface area contributed by atoms with E-state index in [1.165, 1.54) is 25.3 Å². The lowest BCUT2D eigenvalue weighted by atomic mass is 10.1. The quantitative estimate of drug-likeness (QED) is 0.561. The molecule has 8 heteroatoms. The number of aromatic hydroxyl groups is 1. The third-order valence-electron chi connectivity index (χ3n) is 3.80. The van der Waals surface area contributed by atoms with Crippen molar-refractivity contribution in [3.05, 3.63) is 62.7 Å². The number of hydrogen-bond acceptors (Lipinski definition) is 4. The molecule has 0 aliphatic carbocycles. The van der Waals surface area contributed by atoms with E-state index in [0.29, 0.717) is 5.56 Å². The summed E-state index contributed by atoms with van der Waals surface area (Å²) < 4.78 is 5.95. The van der Waals surface area contributed by atoms with Gasteiger partial charge >= 0.3 is 6.03 Å². The Morgan fingerprint density at radius 2 is 1.96 bits per heavy atom. The fourth-order valence-corrected chi connectivity index (χ4v) is 2.97. The summed E-state index contributed by atoms with van der Waals surface area (Å²) in [7, 11) is 1.39. The number of benzene rings is 2. The molecule has 2 N–H and O–H groups in total. The highest BCUT2D eigenvalue weighted by molar-refractivity contribution is 9.10. The van der Waals surface area contributed by atoms with Crippen molar-refractivity contribution in [2.75, 3.05) is 7.11 Å². The van der Waals surface area contributed by atoms with Gasteiger partial charge < -0.3 is 15.2 Å². The second-order valence-electron chi connectivity index (χ2n) is 5.56. The van der Waals surface area contributed by atoms with E-state index in [-0.39, 0.29) is 28.8 Å². The maximum Gasteiger partial charge on any atom is 0.329 e. The number of phenolic OH excluding ortho intramolecular Hbond substituents is 1. The molecule has 2 aromatic carbocycles. The summed E-state index contributed by atoms with van der Waals surface area (Å²) in [6.07, 6.45) is 1.48. The molecule has 26 heavy (non-hydrogen) atoms. The predicted octanol–water partition coefficient (Wildman–Crippen LogP) is 3.91. The van der Waals surface area contributed by atoms with E-state index < -0.39 is 11.9 Å². The molecule has 134 valence electrons. The Bertz CT molecular complexity index is 912. The Balaban J connectivity index is 1.85. The highest BCUT2D eigenvalue weighted by Gasteiger charge is 2.33. The standard InChI is InChI=1S/C18H14BrClN2O4/c1-26-15-8-11(6-13(20)16(15)23)7-14-17(24)22(18(25)21-14)9-10-2-4-12(19)5-3-10/h2-8,23H,9H2,1H3,(H,21,25). The van der Waals surface area contributed by atoms with Gasteiger partial charge in [-0.25, -0.2) is 4.79 Å². The Labute approximate surface area is 163 Å². The minimum absolute atomic E-state index is 0.0830.